The quantitative estimate of drug-likeness (QED) is 0.520. The number of hydrogen-bond acceptors (Lipinski definition) is 4. The Morgan fingerprint density at radius 2 is 2.08 bits per heavy atom. The molecule has 0 radical (unpaired) electrons. The highest BCUT2D eigenvalue weighted by molar-refractivity contribution is 7.98. The fraction of sp³-hybridized carbons (Fsp3) is 0.111. The van der Waals surface area contributed by atoms with Gasteiger partial charge in [-0.25, -0.2) is 9.97 Å². The lowest BCUT2D eigenvalue weighted by molar-refractivity contribution is 0.414. The molecule has 1 aromatic carbocycles. The Hall–Kier alpha value is -2.73. The fourth-order valence-electron chi connectivity index (χ4n) is 2.55. The molecule has 0 aliphatic heterocycles. The highest BCUT2D eigenvalue weighted by atomic mass is 32.2. The predicted octanol–water partition coefficient (Wildman–Crippen LogP) is 3.82. The van der Waals surface area contributed by atoms with Crippen LogP contribution in [-0.4, -0.2) is 26.0 Å². The SMILES string of the molecule is COc1cccc(-n2ccnc2SCc2cn3ccccc3n2)c1. The first-order valence-electron chi connectivity index (χ1n) is 7.57. The molecule has 0 aliphatic carbocycles. The predicted molar refractivity (Wildman–Crippen MR) is 94.9 cm³/mol. The third-order valence-electron chi connectivity index (χ3n) is 3.70. The summed E-state index contributed by atoms with van der Waals surface area (Å²) >= 11 is 1.67. The lowest BCUT2D eigenvalue weighted by atomic mass is 10.3. The van der Waals surface area contributed by atoms with E-state index in [1.54, 1.807) is 18.9 Å². The van der Waals surface area contributed by atoms with E-state index in [1.165, 1.54) is 0 Å². The lowest BCUT2D eigenvalue weighted by Crippen LogP contribution is -1.96. The van der Waals surface area contributed by atoms with Crippen molar-refractivity contribution in [1.29, 1.82) is 0 Å². The van der Waals surface area contributed by atoms with Crippen molar-refractivity contribution in [1.82, 2.24) is 18.9 Å². The van der Waals surface area contributed by atoms with E-state index in [-0.39, 0.29) is 0 Å². The largest absolute Gasteiger partial charge is 0.497 e. The number of imidazole rings is 2. The van der Waals surface area contributed by atoms with Crippen LogP contribution in [0.5, 0.6) is 5.75 Å². The summed E-state index contributed by atoms with van der Waals surface area (Å²) in [4.78, 5) is 9.09. The minimum atomic E-state index is 0.767. The van der Waals surface area contributed by atoms with Crippen molar-refractivity contribution in [2.24, 2.45) is 0 Å². The van der Waals surface area contributed by atoms with Crippen molar-refractivity contribution < 1.29 is 4.74 Å². The number of aromatic nitrogens is 4. The first-order chi connectivity index (χ1) is 11.8. The maximum atomic E-state index is 5.30. The molecule has 6 heteroatoms. The molecule has 5 nitrogen and oxygen atoms in total. The molecule has 0 amide bonds. The summed E-state index contributed by atoms with van der Waals surface area (Å²) in [5.74, 6) is 1.60. The molecule has 0 bridgehead atoms. The minimum absolute atomic E-state index is 0.767. The second kappa shape index (κ2) is 6.41. The van der Waals surface area contributed by atoms with Crippen molar-refractivity contribution in [3.8, 4) is 11.4 Å². The molecular weight excluding hydrogens is 320 g/mol. The third-order valence-corrected chi connectivity index (χ3v) is 4.70. The zero-order valence-corrected chi connectivity index (χ0v) is 14.0. The summed E-state index contributed by atoms with van der Waals surface area (Å²) < 4.78 is 9.39. The highest BCUT2D eigenvalue weighted by Crippen LogP contribution is 2.25. The van der Waals surface area contributed by atoms with Crippen LogP contribution >= 0.6 is 11.8 Å². The van der Waals surface area contributed by atoms with Crippen LogP contribution in [0.15, 0.2) is 72.4 Å². The van der Waals surface area contributed by atoms with Gasteiger partial charge in [0.2, 0.25) is 0 Å². The van der Waals surface area contributed by atoms with E-state index in [1.807, 2.05) is 65.5 Å². The number of methoxy groups -OCH3 is 1. The van der Waals surface area contributed by atoms with Crippen LogP contribution in [0, 0.1) is 0 Å². The molecule has 3 heterocycles. The maximum Gasteiger partial charge on any atom is 0.172 e. The van der Waals surface area contributed by atoms with Crippen LogP contribution in [0.2, 0.25) is 0 Å². The van der Waals surface area contributed by atoms with Gasteiger partial charge >= 0.3 is 0 Å². The molecule has 4 rings (SSSR count). The Labute approximate surface area is 143 Å². The van der Waals surface area contributed by atoms with Crippen LogP contribution in [0.1, 0.15) is 5.69 Å². The molecule has 0 unspecified atom stereocenters. The zero-order chi connectivity index (χ0) is 16.4. The molecule has 0 atom stereocenters. The smallest absolute Gasteiger partial charge is 0.172 e. The number of hydrogen-bond donors (Lipinski definition) is 0. The number of fused-ring (bicyclic) bond motifs is 1. The third kappa shape index (κ3) is 2.88. The van der Waals surface area contributed by atoms with E-state index in [4.69, 9.17) is 4.74 Å². The molecule has 0 saturated carbocycles. The summed E-state index contributed by atoms with van der Waals surface area (Å²) in [5, 5.41) is 0.931. The summed E-state index contributed by atoms with van der Waals surface area (Å²) in [7, 11) is 1.67. The summed E-state index contributed by atoms with van der Waals surface area (Å²) in [6, 6.07) is 14.0. The van der Waals surface area contributed by atoms with Crippen LogP contribution in [0.4, 0.5) is 0 Å². The van der Waals surface area contributed by atoms with Crippen molar-refractivity contribution >= 4 is 17.4 Å². The van der Waals surface area contributed by atoms with Gasteiger partial charge in [-0.05, 0) is 24.3 Å². The van der Waals surface area contributed by atoms with Gasteiger partial charge in [0.25, 0.3) is 0 Å². The van der Waals surface area contributed by atoms with Crippen LogP contribution in [-0.2, 0) is 5.75 Å². The number of nitrogens with zero attached hydrogens (tertiary/aromatic N) is 4. The molecule has 3 aromatic heterocycles. The maximum absolute atomic E-state index is 5.30. The molecule has 0 saturated heterocycles. The Kier molecular flexibility index (Phi) is 3.96. The monoisotopic (exact) mass is 336 g/mol. The number of pyridine rings is 1. The molecule has 24 heavy (non-hydrogen) atoms. The van der Waals surface area contributed by atoms with Crippen LogP contribution in [0.3, 0.4) is 0 Å². The van der Waals surface area contributed by atoms with E-state index in [2.05, 4.69) is 20.7 Å². The standard InChI is InChI=1S/C18H16N4OS/c1-23-16-6-4-5-15(11-16)22-10-8-19-18(22)24-13-14-12-21-9-3-2-7-17(21)20-14/h2-12H,13H2,1H3. The molecule has 0 spiro atoms. The van der Waals surface area contributed by atoms with Gasteiger partial charge < -0.3 is 9.14 Å². The minimum Gasteiger partial charge on any atom is -0.497 e. The second-order valence-electron chi connectivity index (χ2n) is 5.27. The van der Waals surface area contributed by atoms with Crippen LogP contribution < -0.4 is 4.74 Å². The Morgan fingerprint density at radius 1 is 1.12 bits per heavy atom. The molecule has 0 aliphatic rings. The topological polar surface area (TPSA) is 44.4 Å². The molecule has 4 aromatic rings. The van der Waals surface area contributed by atoms with Gasteiger partial charge in [-0.1, -0.05) is 23.9 Å². The van der Waals surface area contributed by atoms with E-state index in [0.717, 1.165) is 33.7 Å². The molecule has 0 fully saturated rings. The van der Waals surface area contributed by atoms with Gasteiger partial charge in [-0.15, -0.1) is 0 Å². The van der Waals surface area contributed by atoms with Gasteiger partial charge in [-0.3, -0.25) is 4.57 Å². The zero-order valence-electron chi connectivity index (χ0n) is 13.2. The van der Waals surface area contributed by atoms with E-state index in [0.29, 0.717) is 0 Å². The van der Waals surface area contributed by atoms with Crippen molar-refractivity contribution in [2.75, 3.05) is 7.11 Å². The summed E-state index contributed by atoms with van der Waals surface area (Å²) in [6.45, 7) is 0. The second-order valence-corrected chi connectivity index (χ2v) is 6.21. The van der Waals surface area contributed by atoms with Gasteiger partial charge in [0, 0.05) is 36.6 Å². The number of benzene rings is 1. The molecular formula is C18H16N4OS. The van der Waals surface area contributed by atoms with Gasteiger partial charge in [0.05, 0.1) is 18.5 Å². The highest BCUT2D eigenvalue weighted by Gasteiger charge is 2.09. The lowest BCUT2D eigenvalue weighted by Gasteiger charge is -2.08. The van der Waals surface area contributed by atoms with Gasteiger partial charge in [0.1, 0.15) is 11.4 Å². The molecule has 0 N–H and O–H groups in total. The van der Waals surface area contributed by atoms with E-state index in [9.17, 15) is 0 Å². The number of rotatable bonds is 5. The first kappa shape index (κ1) is 14.8. The Morgan fingerprint density at radius 3 is 2.96 bits per heavy atom. The molecule has 120 valence electrons. The Balaban J connectivity index is 1.56. The first-order valence-corrected chi connectivity index (χ1v) is 8.55. The normalized spacial score (nSPS) is 11.0. The van der Waals surface area contributed by atoms with Crippen LogP contribution in [0.25, 0.3) is 11.3 Å². The van der Waals surface area contributed by atoms with Crippen molar-refractivity contribution in [2.45, 2.75) is 10.9 Å². The number of ether oxygens (including phenoxy) is 1. The fourth-order valence-corrected chi connectivity index (χ4v) is 3.41. The van der Waals surface area contributed by atoms with Gasteiger partial charge in [-0.2, -0.15) is 0 Å². The average Bonchev–Trinajstić information content (AvgIpc) is 3.26. The van der Waals surface area contributed by atoms with E-state index < -0.39 is 0 Å². The van der Waals surface area contributed by atoms with Gasteiger partial charge in [0.15, 0.2) is 5.16 Å². The van der Waals surface area contributed by atoms with E-state index >= 15 is 0 Å². The summed E-state index contributed by atoms with van der Waals surface area (Å²) in [5.41, 5.74) is 3.03. The summed E-state index contributed by atoms with van der Waals surface area (Å²) in [6.07, 6.45) is 7.83. The Bertz CT molecular complexity index is 943. The average molecular weight is 336 g/mol. The number of thioether (sulfide) groups is 1. The van der Waals surface area contributed by atoms with Crippen molar-refractivity contribution in [3.05, 3.63) is 72.9 Å². The van der Waals surface area contributed by atoms with Crippen molar-refractivity contribution in [3.63, 3.8) is 0 Å².